The van der Waals surface area contributed by atoms with Crippen molar-refractivity contribution in [3.63, 3.8) is 0 Å². The van der Waals surface area contributed by atoms with Crippen LogP contribution in [-0.2, 0) is 17.8 Å². The predicted molar refractivity (Wildman–Crippen MR) is 101 cm³/mol. The highest BCUT2D eigenvalue weighted by molar-refractivity contribution is 6.30. The van der Waals surface area contributed by atoms with E-state index in [-0.39, 0.29) is 12.5 Å². The van der Waals surface area contributed by atoms with Crippen LogP contribution in [0.25, 0.3) is 11.4 Å². The van der Waals surface area contributed by atoms with Crippen LogP contribution in [0.5, 0.6) is 0 Å². The van der Waals surface area contributed by atoms with Crippen LogP contribution in [0.15, 0.2) is 53.1 Å². The molecule has 0 spiro atoms. The molecule has 0 aliphatic carbocycles. The van der Waals surface area contributed by atoms with E-state index in [4.69, 9.17) is 16.1 Å². The second-order valence-electron chi connectivity index (χ2n) is 6.25. The minimum atomic E-state index is 0.0232. The van der Waals surface area contributed by atoms with Crippen LogP contribution in [0.2, 0.25) is 5.02 Å². The van der Waals surface area contributed by atoms with Crippen LogP contribution in [0.4, 0.5) is 0 Å². The number of halogens is 1. The lowest BCUT2D eigenvalue weighted by Crippen LogP contribution is -2.26. The minimum Gasteiger partial charge on any atom is -0.337 e. The highest BCUT2D eigenvalue weighted by Gasteiger charge is 2.14. The van der Waals surface area contributed by atoms with Crippen molar-refractivity contribution < 1.29 is 9.32 Å². The second-order valence-corrected chi connectivity index (χ2v) is 6.69. The highest BCUT2D eigenvalue weighted by atomic mass is 35.5. The number of aryl methyl sites for hydroxylation is 2. The molecular weight excluding hydrogens is 350 g/mol. The lowest BCUT2D eigenvalue weighted by molar-refractivity contribution is -0.130. The zero-order chi connectivity index (χ0) is 18.5. The number of rotatable bonds is 6. The van der Waals surface area contributed by atoms with Gasteiger partial charge in [-0.15, -0.1) is 0 Å². The monoisotopic (exact) mass is 369 g/mol. The Balaban J connectivity index is 1.55. The Bertz CT molecular complexity index is 873. The summed E-state index contributed by atoms with van der Waals surface area (Å²) in [5.41, 5.74) is 3.14. The molecule has 1 aromatic heterocycles. The lowest BCUT2D eigenvalue weighted by Gasteiger charge is -2.14. The molecular formula is C20H20ClN3O2. The maximum Gasteiger partial charge on any atom is 0.246 e. The third-order valence-electron chi connectivity index (χ3n) is 4.12. The van der Waals surface area contributed by atoms with E-state index in [0.717, 1.165) is 11.1 Å². The van der Waals surface area contributed by atoms with Crippen molar-refractivity contribution in [1.29, 1.82) is 0 Å². The Morgan fingerprint density at radius 2 is 1.81 bits per heavy atom. The molecule has 3 rings (SSSR count). The van der Waals surface area contributed by atoms with Crippen LogP contribution in [-0.4, -0.2) is 28.0 Å². The first-order valence-corrected chi connectivity index (χ1v) is 8.77. The minimum absolute atomic E-state index is 0.0232. The fourth-order valence-electron chi connectivity index (χ4n) is 2.52. The summed E-state index contributed by atoms with van der Waals surface area (Å²) in [5, 5.41) is 4.69. The van der Waals surface area contributed by atoms with E-state index in [1.807, 2.05) is 55.5 Å². The molecule has 1 amide bonds. The maximum atomic E-state index is 12.3. The molecule has 3 aromatic rings. The summed E-state index contributed by atoms with van der Waals surface area (Å²) in [4.78, 5) is 18.3. The molecule has 0 radical (unpaired) electrons. The number of amides is 1. The molecule has 0 aliphatic rings. The Kier molecular flexibility index (Phi) is 5.68. The van der Waals surface area contributed by atoms with Gasteiger partial charge in [0.05, 0.1) is 6.54 Å². The molecule has 0 saturated heterocycles. The first-order valence-electron chi connectivity index (χ1n) is 8.39. The normalized spacial score (nSPS) is 10.7. The van der Waals surface area contributed by atoms with Gasteiger partial charge in [0.1, 0.15) is 0 Å². The quantitative estimate of drug-likeness (QED) is 0.650. The van der Waals surface area contributed by atoms with Crippen molar-refractivity contribution in [3.05, 3.63) is 70.6 Å². The summed E-state index contributed by atoms with van der Waals surface area (Å²) in [6.07, 6.45) is 1.08. The molecule has 0 bridgehead atoms. The van der Waals surface area contributed by atoms with Crippen LogP contribution < -0.4 is 0 Å². The van der Waals surface area contributed by atoms with Gasteiger partial charge in [-0.05, 0) is 31.0 Å². The molecule has 0 atom stereocenters. The Morgan fingerprint density at radius 1 is 1.12 bits per heavy atom. The fraction of sp³-hybridized carbons (Fsp3) is 0.250. The largest absolute Gasteiger partial charge is 0.337 e. The Morgan fingerprint density at radius 3 is 2.50 bits per heavy atom. The summed E-state index contributed by atoms with van der Waals surface area (Å²) in [6.45, 7) is 2.31. The van der Waals surface area contributed by atoms with Gasteiger partial charge in [0.2, 0.25) is 17.6 Å². The van der Waals surface area contributed by atoms with E-state index in [1.165, 1.54) is 5.56 Å². The van der Waals surface area contributed by atoms with Gasteiger partial charge in [-0.3, -0.25) is 4.79 Å². The van der Waals surface area contributed by atoms with Gasteiger partial charge in [0, 0.05) is 24.1 Å². The van der Waals surface area contributed by atoms with Gasteiger partial charge in [0.25, 0.3) is 0 Å². The first kappa shape index (κ1) is 18.1. The number of nitrogens with zero attached hydrogens (tertiary/aromatic N) is 3. The van der Waals surface area contributed by atoms with Gasteiger partial charge in [-0.2, -0.15) is 4.98 Å². The van der Waals surface area contributed by atoms with Crippen molar-refractivity contribution >= 4 is 17.5 Å². The van der Waals surface area contributed by atoms with Gasteiger partial charge in [-0.1, -0.05) is 58.7 Å². The number of carbonyl (C=O) groups excluding carboxylic acids is 1. The second kappa shape index (κ2) is 8.15. The molecule has 6 heteroatoms. The first-order chi connectivity index (χ1) is 12.5. The Hall–Kier alpha value is -2.66. The molecule has 5 nitrogen and oxygen atoms in total. The average Bonchev–Trinajstić information content (AvgIpc) is 3.10. The van der Waals surface area contributed by atoms with E-state index < -0.39 is 0 Å². The molecule has 0 saturated carbocycles. The summed E-state index contributed by atoms with van der Waals surface area (Å²) in [6, 6.07) is 15.4. The highest BCUT2D eigenvalue weighted by Crippen LogP contribution is 2.17. The van der Waals surface area contributed by atoms with E-state index in [0.29, 0.717) is 29.6 Å². The molecule has 26 heavy (non-hydrogen) atoms. The van der Waals surface area contributed by atoms with E-state index in [9.17, 15) is 4.79 Å². The third-order valence-corrected chi connectivity index (χ3v) is 4.37. The lowest BCUT2D eigenvalue weighted by atomic mass is 10.1. The van der Waals surface area contributed by atoms with Crippen LogP contribution in [0.1, 0.15) is 23.4 Å². The topological polar surface area (TPSA) is 59.2 Å². The van der Waals surface area contributed by atoms with Gasteiger partial charge in [-0.25, -0.2) is 0 Å². The van der Waals surface area contributed by atoms with Crippen LogP contribution >= 0.6 is 11.6 Å². The zero-order valence-corrected chi connectivity index (χ0v) is 15.5. The standard InChI is InChI=1S/C20H20ClN3O2/c1-14-3-8-16(9-4-14)20-22-18(26-23-20)13-24(2)19(25)12-7-15-5-10-17(21)11-6-15/h3-6,8-11H,7,12-13H2,1-2H3. The summed E-state index contributed by atoms with van der Waals surface area (Å²) in [5.74, 6) is 0.972. The predicted octanol–water partition coefficient (Wildman–Crippen LogP) is 4.29. The number of hydrogen-bond acceptors (Lipinski definition) is 4. The van der Waals surface area contributed by atoms with Gasteiger partial charge in [0.15, 0.2) is 0 Å². The Labute approximate surface area is 157 Å². The van der Waals surface area contributed by atoms with Crippen molar-refractivity contribution in [1.82, 2.24) is 15.0 Å². The molecule has 2 aromatic carbocycles. The van der Waals surface area contributed by atoms with Crippen LogP contribution in [0.3, 0.4) is 0 Å². The molecule has 0 aliphatic heterocycles. The maximum absolute atomic E-state index is 12.3. The SMILES string of the molecule is Cc1ccc(-c2noc(CN(C)C(=O)CCc3ccc(Cl)cc3)n2)cc1. The number of benzene rings is 2. The molecule has 134 valence electrons. The summed E-state index contributed by atoms with van der Waals surface area (Å²) >= 11 is 5.87. The van der Waals surface area contributed by atoms with Gasteiger partial charge < -0.3 is 9.42 Å². The molecule has 0 fully saturated rings. The summed E-state index contributed by atoms with van der Waals surface area (Å²) in [7, 11) is 1.74. The van der Waals surface area contributed by atoms with E-state index in [1.54, 1.807) is 11.9 Å². The number of aromatic nitrogens is 2. The van der Waals surface area contributed by atoms with Crippen molar-refractivity contribution in [2.75, 3.05) is 7.05 Å². The summed E-state index contributed by atoms with van der Waals surface area (Å²) < 4.78 is 5.28. The molecule has 0 unspecified atom stereocenters. The van der Waals surface area contributed by atoms with Gasteiger partial charge >= 0.3 is 0 Å². The average molecular weight is 370 g/mol. The van der Waals surface area contributed by atoms with Crippen molar-refractivity contribution in [3.8, 4) is 11.4 Å². The molecule has 1 heterocycles. The fourth-order valence-corrected chi connectivity index (χ4v) is 2.65. The van der Waals surface area contributed by atoms with E-state index in [2.05, 4.69) is 10.1 Å². The van der Waals surface area contributed by atoms with Crippen molar-refractivity contribution in [2.45, 2.75) is 26.3 Å². The number of hydrogen-bond donors (Lipinski definition) is 0. The smallest absolute Gasteiger partial charge is 0.246 e. The number of carbonyl (C=O) groups is 1. The van der Waals surface area contributed by atoms with Crippen molar-refractivity contribution in [2.24, 2.45) is 0 Å². The zero-order valence-electron chi connectivity index (χ0n) is 14.8. The molecule has 0 N–H and O–H groups in total. The third kappa shape index (κ3) is 4.70. The van der Waals surface area contributed by atoms with E-state index >= 15 is 0 Å². The van der Waals surface area contributed by atoms with Crippen LogP contribution in [0, 0.1) is 6.92 Å².